The molecule has 21 heavy (non-hydrogen) atoms. The van der Waals surface area contributed by atoms with Gasteiger partial charge in [-0.25, -0.2) is 0 Å². The number of carbonyl (C=O) groups excluding carboxylic acids is 2. The molecule has 0 unspecified atom stereocenters. The summed E-state index contributed by atoms with van der Waals surface area (Å²) in [6, 6.07) is 11.0. The highest BCUT2D eigenvalue weighted by atomic mass is 79.9. The van der Waals surface area contributed by atoms with Gasteiger partial charge in [-0.15, -0.1) is 11.3 Å². The van der Waals surface area contributed by atoms with Gasteiger partial charge in [0.1, 0.15) is 0 Å². The number of carbonyl (C=O) groups is 2. The summed E-state index contributed by atoms with van der Waals surface area (Å²) in [5, 5.41) is 7.50. The fourth-order valence-corrected chi connectivity index (χ4v) is 2.85. The summed E-state index contributed by atoms with van der Waals surface area (Å²) < 4.78 is 0.861. The molecule has 2 N–H and O–H groups in total. The van der Waals surface area contributed by atoms with E-state index in [0.29, 0.717) is 25.1 Å². The summed E-state index contributed by atoms with van der Waals surface area (Å²) in [6.45, 7) is 0.825. The normalized spacial score (nSPS) is 10.1. The van der Waals surface area contributed by atoms with Crippen molar-refractivity contribution in [1.29, 1.82) is 0 Å². The van der Waals surface area contributed by atoms with E-state index in [2.05, 4.69) is 26.6 Å². The molecule has 0 radical (unpaired) electrons. The molecule has 0 saturated carbocycles. The first-order valence-electron chi connectivity index (χ1n) is 6.48. The topological polar surface area (TPSA) is 58.2 Å². The number of halogens is 1. The highest BCUT2D eigenvalue weighted by molar-refractivity contribution is 9.10. The van der Waals surface area contributed by atoms with Crippen LogP contribution >= 0.6 is 27.3 Å². The zero-order chi connectivity index (χ0) is 15.1. The quantitative estimate of drug-likeness (QED) is 0.772. The lowest BCUT2D eigenvalue weighted by molar-refractivity contribution is -0.120. The van der Waals surface area contributed by atoms with Gasteiger partial charge in [-0.05, 0) is 29.6 Å². The van der Waals surface area contributed by atoms with Crippen molar-refractivity contribution in [3.63, 3.8) is 0 Å². The predicted octanol–water partition coefficient (Wildman–Crippen LogP) is 2.60. The van der Waals surface area contributed by atoms with Gasteiger partial charge in [0.05, 0.1) is 6.42 Å². The molecule has 0 aliphatic carbocycles. The molecule has 110 valence electrons. The van der Waals surface area contributed by atoms with E-state index < -0.39 is 0 Å². The molecule has 0 aliphatic heterocycles. The summed E-state index contributed by atoms with van der Waals surface area (Å²) in [5.41, 5.74) is 0.592. The average molecular weight is 367 g/mol. The Balaban J connectivity index is 1.67. The molecule has 2 rings (SSSR count). The van der Waals surface area contributed by atoms with Gasteiger partial charge in [0.15, 0.2) is 0 Å². The van der Waals surface area contributed by atoms with Crippen LogP contribution in [0.4, 0.5) is 0 Å². The Labute approximate surface area is 135 Å². The molecule has 0 aliphatic rings. The summed E-state index contributed by atoms with van der Waals surface area (Å²) in [7, 11) is 0. The van der Waals surface area contributed by atoms with Crippen LogP contribution in [0.2, 0.25) is 0 Å². The van der Waals surface area contributed by atoms with Crippen molar-refractivity contribution in [3.05, 3.63) is 56.7 Å². The number of nitrogens with one attached hydrogen (secondary N) is 2. The van der Waals surface area contributed by atoms with Crippen LogP contribution in [0.3, 0.4) is 0 Å². The van der Waals surface area contributed by atoms with Crippen LogP contribution in [0.15, 0.2) is 46.3 Å². The summed E-state index contributed by atoms with van der Waals surface area (Å²) >= 11 is 4.88. The number of benzene rings is 1. The van der Waals surface area contributed by atoms with Crippen molar-refractivity contribution in [1.82, 2.24) is 10.6 Å². The monoisotopic (exact) mass is 366 g/mol. The highest BCUT2D eigenvalue weighted by Crippen LogP contribution is 2.11. The van der Waals surface area contributed by atoms with E-state index in [4.69, 9.17) is 0 Å². The van der Waals surface area contributed by atoms with Crippen LogP contribution in [-0.2, 0) is 11.2 Å². The van der Waals surface area contributed by atoms with Gasteiger partial charge in [-0.1, -0.05) is 28.1 Å². The second-order valence-corrected chi connectivity index (χ2v) is 6.32. The number of thiophene rings is 1. The third kappa shape index (κ3) is 5.32. The Bertz CT molecular complexity index is 614. The maximum absolute atomic E-state index is 11.9. The maximum Gasteiger partial charge on any atom is 0.251 e. The first-order chi connectivity index (χ1) is 10.1. The Morgan fingerprint density at radius 3 is 2.62 bits per heavy atom. The van der Waals surface area contributed by atoms with E-state index >= 15 is 0 Å². The van der Waals surface area contributed by atoms with Crippen LogP contribution in [0.25, 0.3) is 0 Å². The Morgan fingerprint density at radius 2 is 1.90 bits per heavy atom. The zero-order valence-corrected chi connectivity index (χ0v) is 13.7. The molecule has 2 amide bonds. The largest absolute Gasteiger partial charge is 0.354 e. The number of hydrogen-bond donors (Lipinski definition) is 2. The van der Waals surface area contributed by atoms with Gasteiger partial charge in [0, 0.05) is 28.0 Å². The molecule has 1 aromatic carbocycles. The molecule has 0 fully saturated rings. The summed E-state index contributed by atoms with van der Waals surface area (Å²) in [5.74, 6) is -0.182. The molecule has 0 saturated heterocycles. The Morgan fingerprint density at radius 1 is 1.10 bits per heavy atom. The van der Waals surface area contributed by atoms with Gasteiger partial charge < -0.3 is 10.6 Å². The molecule has 1 heterocycles. The minimum atomic E-state index is -0.149. The SMILES string of the molecule is O=C(Cc1cccs1)NCCNC(=O)c1cccc(Br)c1. The number of amides is 2. The lowest BCUT2D eigenvalue weighted by Crippen LogP contribution is -2.35. The van der Waals surface area contributed by atoms with Crippen molar-refractivity contribution in [2.45, 2.75) is 6.42 Å². The average Bonchev–Trinajstić information content (AvgIpc) is 2.96. The lowest BCUT2D eigenvalue weighted by atomic mass is 10.2. The Hall–Kier alpha value is -1.66. The molecule has 0 atom stereocenters. The van der Waals surface area contributed by atoms with Crippen LogP contribution in [0.1, 0.15) is 15.2 Å². The van der Waals surface area contributed by atoms with E-state index in [0.717, 1.165) is 9.35 Å². The molecule has 0 spiro atoms. The van der Waals surface area contributed by atoms with Crippen LogP contribution < -0.4 is 10.6 Å². The van der Waals surface area contributed by atoms with Gasteiger partial charge in [0.2, 0.25) is 5.91 Å². The van der Waals surface area contributed by atoms with E-state index in [1.165, 1.54) is 0 Å². The minimum absolute atomic E-state index is 0.0332. The van der Waals surface area contributed by atoms with E-state index in [1.807, 2.05) is 29.6 Å². The Kier molecular flexibility index (Phi) is 5.95. The summed E-state index contributed by atoms with van der Waals surface area (Å²) in [4.78, 5) is 24.5. The number of rotatable bonds is 6. The van der Waals surface area contributed by atoms with Gasteiger partial charge in [-0.3, -0.25) is 9.59 Å². The standard InChI is InChI=1S/C15H15BrN2O2S/c16-12-4-1-3-11(9-12)15(20)18-7-6-17-14(19)10-13-5-2-8-21-13/h1-5,8-9H,6-7,10H2,(H,17,19)(H,18,20). The van der Waals surface area contributed by atoms with Crippen molar-refractivity contribution < 1.29 is 9.59 Å². The highest BCUT2D eigenvalue weighted by Gasteiger charge is 2.06. The second kappa shape index (κ2) is 7.95. The van der Waals surface area contributed by atoms with E-state index in [1.54, 1.807) is 23.5 Å². The minimum Gasteiger partial charge on any atom is -0.354 e. The predicted molar refractivity (Wildman–Crippen MR) is 87.5 cm³/mol. The molecular formula is C15H15BrN2O2S. The first-order valence-corrected chi connectivity index (χ1v) is 8.15. The van der Waals surface area contributed by atoms with Crippen molar-refractivity contribution >= 4 is 39.1 Å². The van der Waals surface area contributed by atoms with E-state index in [9.17, 15) is 9.59 Å². The van der Waals surface area contributed by atoms with Gasteiger partial charge in [-0.2, -0.15) is 0 Å². The molecule has 0 bridgehead atoms. The van der Waals surface area contributed by atoms with E-state index in [-0.39, 0.29) is 11.8 Å². The maximum atomic E-state index is 11.9. The van der Waals surface area contributed by atoms with Crippen molar-refractivity contribution in [2.24, 2.45) is 0 Å². The van der Waals surface area contributed by atoms with Crippen LogP contribution in [0, 0.1) is 0 Å². The first kappa shape index (κ1) is 15.7. The lowest BCUT2D eigenvalue weighted by Gasteiger charge is -2.07. The number of hydrogen-bond acceptors (Lipinski definition) is 3. The van der Waals surface area contributed by atoms with Crippen molar-refractivity contribution in [2.75, 3.05) is 13.1 Å². The van der Waals surface area contributed by atoms with Crippen molar-refractivity contribution in [3.8, 4) is 0 Å². The molecular weight excluding hydrogens is 352 g/mol. The van der Waals surface area contributed by atoms with Crippen LogP contribution in [-0.4, -0.2) is 24.9 Å². The second-order valence-electron chi connectivity index (χ2n) is 4.37. The summed E-state index contributed by atoms with van der Waals surface area (Å²) in [6.07, 6.45) is 0.386. The fourth-order valence-electron chi connectivity index (χ4n) is 1.74. The van der Waals surface area contributed by atoms with Gasteiger partial charge in [0.25, 0.3) is 5.91 Å². The van der Waals surface area contributed by atoms with Crippen LogP contribution in [0.5, 0.6) is 0 Å². The molecule has 4 nitrogen and oxygen atoms in total. The molecule has 6 heteroatoms. The fraction of sp³-hybridized carbons (Fsp3) is 0.200. The zero-order valence-electron chi connectivity index (χ0n) is 11.3. The van der Waals surface area contributed by atoms with Gasteiger partial charge >= 0.3 is 0 Å². The smallest absolute Gasteiger partial charge is 0.251 e. The molecule has 1 aromatic heterocycles. The third-order valence-corrected chi connectivity index (χ3v) is 4.10. The third-order valence-electron chi connectivity index (χ3n) is 2.73. The molecule has 2 aromatic rings.